The first-order chi connectivity index (χ1) is 13.1. The smallest absolute Gasteiger partial charge is 0.257 e. The lowest BCUT2D eigenvalue weighted by molar-refractivity contribution is 0.0977. The van der Waals surface area contributed by atoms with E-state index in [4.69, 9.17) is 21.7 Å². The lowest BCUT2D eigenvalue weighted by Crippen LogP contribution is -2.34. The molecule has 0 aliphatic rings. The van der Waals surface area contributed by atoms with Crippen LogP contribution >= 0.6 is 12.2 Å². The molecule has 0 aliphatic heterocycles. The average Bonchev–Trinajstić information content (AvgIpc) is 2.67. The molecule has 0 aliphatic carbocycles. The molecule has 144 valence electrons. The second kappa shape index (κ2) is 11.2. The van der Waals surface area contributed by atoms with Gasteiger partial charge in [0, 0.05) is 5.56 Å². The number of para-hydroxylation sites is 2. The van der Waals surface area contributed by atoms with Gasteiger partial charge in [-0.3, -0.25) is 10.1 Å². The third kappa shape index (κ3) is 6.90. The van der Waals surface area contributed by atoms with Crippen molar-refractivity contribution in [2.24, 2.45) is 0 Å². The molecule has 27 heavy (non-hydrogen) atoms. The Morgan fingerprint density at radius 2 is 1.74 bits per heavy atom. The van der Waals surface area contributed by atoms with E-state index in [9.17, 15) is 4.79 Å². The van der Waals surface area contributed by atoms with E-state index < -0.39 is 0 Å². The van der Waals surface area contributed by atoms with E-state index in [-0.39, 0.29) is 11.0 Å². The molecule has 5 nitrogen and oxygen atoms in total. The molecule has 2 aromatic carbocycles. The van der Waals surface area contributed by atoms with Gasteiger partial charge in [0.05, 0.1) is 18.9 Å². The molecule has 0 heterocycles. The van der Waals surface area contributed by atoms with E-state index in [0.717, 1.165) is 25.0 Å². The Balaban J connectivity index is 1.88. The highest BCUT2D eigenvalue weighted by Crippen LogP contribution is 2.23. The first-order valence-corrected chi connectivity index (χ1v) is 9.62. The highest BCUT2D eigenvalue weighted by Gasteiger charge is 2.10. The first-order valence-electron chi connectivity index (χ1n) is 9.21. The van der Waals surface area contributed by atoms with Gasteiger partial charge < -0.3 is 14.8 Å². The summed E-state index contributed by atoms with van der Waals surface area (Å²) in [6.45, 7) is 5.30. The van der Waals surface area contributed by atoms with Gasteiger partial charge in [0.15, 0.2) is 5.11 Å². The van der Waals surface area contributed by atoms with E-state index in [2.05, 4.69) is 17.6 Å². The van der Waals surface area contributed by atoms with Crippen molar-refractivity contribution >= 4 is 28.9 Å². The van der Waals surface area contributed by atoms with Crippen molar-refractivity contribution in [2.45, 2.75) is 33.1 Å². The van der Waals surface area contributed by atoms with Crippen molar-refractivity contribution in [3.63, 3.8) is 0 Å². The van der Waals surface area contributed by atoms with Crippen molar-refractivity contribution in [1.29, 1.82) is 0 Å². The van der Waals surface area contributed by atoms with E-state index in [1.807, 2.05) is 31.2 Å². The minimum Gasteiger partial charge on any atom is -0.494 e. The molecule has 2 rings (SSSR count). The van der Waals surface area contributed by atoms with Crippen LogP contribution in [0.1, 0.15) is 43.5 Å². The van der Waals surface area contributed by atoms with Crippen molar-refractivity contribution in [3.8, 4) is 11.5 Å². The van der Waals surface area contributed by atoms with Gasteiger partial charge in [-0.05, 0) is 62.0 Å². The fraction of sp³-hybridized carbons (Fsp3) is 0.333. The van der Waals surface area contributed by atoms with Gasteiger partial charge in [-0.2, -0.15) is 0 Å². The molecule has 0 aromatic heterocycles. The number of ether oxygens (including phenoxy) is 2. The quantitative estimate of drug-likeness (QED) is 0.480. The van der Waals surface area contributed by atoms with Gasteiger partial charge in [-0.25, -0.2) is 0 Å². The largest absolute Gasteiger partial charge is 0.494 e. The number of nitrogens with one attached hydrogen (secondary N) is 2. The topological polar surface area (TPSA) is 59.6 Å². The van der Waals surface area contributed by atoms with Gasteiger partial charge in [0.2, 0.25) is 0 Å². The standard InChI is InChI=1S/C21H26N2O3S/c1-3-5-8-15-26-17-13-11-16(12-14-17)20(24)23-21(27)22-18-9-6-7-10-19(18)25-4-2/h6-7,9-14H,3-5,8,15H2,1-2H3,(H2,22,23,24,27). The highest BCUT2D eigenvalue weighted by molar-refractivity contribution is 7.80. The molecule has 0 saturated carbocycles. The summed E-state index contributed by atoms with van der Waals surface area (Å²) >= 11 is 5.24. The predicted molar refractivity (Wildman–Crippen MR) is 113 cm³/mol. The van der Waals surface area contributed by atoms with Crippen LogP contribution < -0.4 is 20.1 Å². The molecule has 1 amide bonds. The molecule has 0 fully saturated rings. The SMILES string of the molecule is CCCCCOc1ccc(C(=O)NC(=S)Nc2ccccc2OCC)cc1. The third-order valence-electron chi connectivity index (χ3n) is 3.80. The van der Waals surface area contributed by atoms with Gasteiger partial charge >= 0.3 is 0 Å². The number of carbonyl (C=O) groups is 1. The van der Waals surface area contributed by atoms with Crippen LogP contribution in [0.2, 0.25) is 0 Å². The van der Waals surface area contributed by atoms with E-state index >= 15 is 0 Å². The van der Waals surface area contributed by atoms with Gasteiger partial charge in [-0.1, -0.05) is 31.9 Å². The summed E-state index contributed by atoms with van der Waals surface area (Å²) in [5.41, 5.74) is 1.22. The Morgan fingerprint density at radius 3 is 2.44 bits per heavy atom. The molecule has 2 aromatic rings. The van der Waals surface area contributed by atoms with E-state index in [1.54, 1.807) is 24.3 Å². The lowest BCUT2D eigenvalue weighted by Gasteiger charge is -2.13. The number of thiocarbonyl (C=S) groups is 1. The van der Waals surface area contributed by atoms with Gasteiger partial charge in [0.1, 0.15) is 11.5 Å². The van der Waals surface area contributed by atoms with Crippen LogP contribution in [-0.2, 0) is 0 Å². The van der Waals surface area contributed by atoms with Crippen LogP contribution in [0.3, 0.4) is 0 Å². The molecule has 2 N–H and O–H groups in total. The zero-order valence-electron chi connectivity index (χ0n) is 15.8. The highest BCUT2D eigenvalue weighted by atomic mass is 32.1. The van der Waals surface area contributed by atoms with Crippen LogP contribution in [0.25, 0.3) is 0 Å². The fourth-order valence-corrected chi connectivity index (χ4v) is 2.63. The second-order valence-electron chi connectivity index (χ2n) is 5.92. The Hall–Kier alpha value is -2.60. The Kier molecular flexibility index (Phi) is 8.58. The summed E-state index contributed by atoms with van der Waals surface area (Å²) in [5.74, 6) is 1.16. The van der Waals surface area contributed by atoms with Crippen LogP contribution in [0.4, 0.5) is 5.69 Å². The monoisotopic (exact) mass is 386 g/mol. The summed E-state index contributed by atoms with van der Waals surface area (Å²) in [7, 11) is 0. The van der Waals surface area contributed by atoms with Gasteiger partial charge in [-0.15, -0.1) is 0 Å². The molecule has 0 atom stereocenters. The molecule has 0 bridgehead atoms. The van der Waals surface area contributed by atoms with Crippen molar-refractivity contribution in [1.82, 2.24) is 5.32 Å². The summed E-state index contributed by atoms with van der Waals surface area (Å²) < 4.78 is 11.2. The van der Waals surface area contributed by atoms with Crippen LogP contribution in [0.5, 0.6) is 11.5 Å². The molecular weight excluding hydrogens is 360 g/mol. The zero-order valence-corrected chi connectivity index (χ0v) is 16.6. The number of amides is 1. The molecule has 0 radical (unpaired) electrons. The molecule has 0 saturated heterocycles. The number of benzene rings is 2. The molecule has 0 unspecified atom stereocenters. The summed E-state index contributed by atoms with van der Waals surface area (Å²) in [4.78, 5) is 12.4. The molecular formula is C21H26N2O3S. The lowest BCUT2D eigenvalue weighted by atomic mass is 10.2. The summed E-state index contributed by atoms with van der Waals surface area (Å²) in [5, 5.41) is 5.89. The Morgan fingerprint density at radius 1 is 1.00 bits per heavy atom. The maximum absolute atomic E-state index is 12.4. The minimum absolute atomic E-state index is 0.215. The minimum atomic E-state index is -0.279. The first kappa shape index (κ1) is 20.7. The molecule has 0 spiro atoms. The maximum Gasteiger partial charge on any atom is 0.257 e. The Bertz CT molecular complexity index is 747. The normalized spacial score (nSPS) is 10.1. The number of hydrogen-bond donors (Lipinski definition) is 2. The van der Waals surface area contributed by atoms with Gasteiger partial charge in [0.25, 0.3) is 5.91 Å². The predicted octanol–water partition coefficient (Wildman–Crippen LogP) is 4.78. The number of rotatable bonds is 9. The zero-order chi connectivity index (χ0) is 19.5. The number of anilines is 1. The summed E-state index contributed by atoms with van der Waals surface area (Å²) in [6, 6.07) is 14.5. The Labute approximate surface area is 166 Å². The van der Waals surface area contributed by atoms with Crippen LogP contribution in [-0.4, -0.2) is 24.2 Å². The van der Waals surface area contributed by atoms with Crippen molar-refractivity contribution in [3.05, 3.63) is 54.1 Å². The molecule has 6 heteroatoms. The van der Waals surface area contributed by atoms with Crippen LogP contribution in [0, 0.1) is 0 Å². The third-order valence-corrected chi connectivity index (χ3v) is 4.00. The van der Waals surface area contributed by atoms with Crippen molar-refractivity contribution < 1.29 is 14.3 Å². The second-order valence-corrected chi connectivity index (χ2v) is 6.33. The van der Waals surface area contributed by atoms with E-state index in [1.165, 1.54) is 0 Å². The van der Waals surface area contributed by atoms with Crippen LogP contribution in [0.15, 0.2) is 48.5 Å². The fourth-order valence-electron chi connectivity index (χ4n) is 2.42. The number of carbonyl (C=O) groups excluding carboxylic acids is 1. The van der Waals surface area contributed by atoms with Crippen molar-refractivity contribution in [2.75, 3.05) is 18.5 Å². The average molecular weight is 387 g/mol. The van der Waals surface area contributed by atoms with E-state index in [0.29, 0.717) is 30.2 Å². The number of unbranched alkanes of at least 4 members (excludes halogenated alkanes) is 2. The maximum atomic E-state index is 12.4. The summed E-state index contributed by atoms with van der Waals surface area (Å²) in [6.07, 6.45) is 3.34. The number of hydrogen-bond acceptors (Lipinski definition) is 4.